The van der Waals surface area contributed by atoms with Crippen LogP contribution in [0.4, 0.5) is 0 Å². The van der Waals surface area contributed by atoms with Crippen molar-refractivity contribution >= 4 is 5.91 Å². The summed E-state index contributed by atoms with van der Waals surface area (Å²) in [6, 6.07) is 4.45. The lowest BCUT2D eigenvalue weighted by Gasteiger charge is -2.17. The third-order valence-corrected chi connectivity index (χ3v) is 2.23. The maximum Gasteiger partial charge on any atom is 0.270 e. The van der Waals surface area contributed by atoms with Gasteiger partial charge in [0, 0.05) is 19.7 Å². The van der Waals surface area contributed by atoms with Crippen LogP contribution >= 0.6 is 0 Å². The summed E-state index contributed by atoms with van der Waals surface area (Å²) in [7, 11) is 1.63. The number of rotatable bonds is 4. The summed E-state index contributed by atoms with van der Waals surface area (Å²) in [5, 5.41) is 9.10. The molecule has 0 aromatic carbocycles. The highest BCUT2D eigenvalue weighted by molar-refractivity contribution is 5.91. The fourth-order valence-corrected chi connectivity index (χ4v) is 1.26. The van der Waals surface area contributed by atoms with Gasteiger partial charge >= 0.3 is 0 Å². The van der Waals surface area contributed by atoms with Gasteiger partial charge in [0.2, 0.25) is 5.56 Å². The minimum absolute atomic E-state index is 0.252. The molecule has 5 nitrogen and oxygen atoms in total. The Morgan fingerprint density at radius 1 is 1.56 bits per heavy atom. The highest BCUT2D eigenvalue weighted by atomic mass is 16.3. The van der Waals surface area contributed by atoms with Crippen molar-refractivity contribution in [1.29, 1.82) is 0 Å². The van der Waals surface area contributed by atoms with Crippen molar-refractivity contribution < 1.29 is 9.90 Å². The van der Waals surface area contributed by atoms with Gasteiger partial charge in [0.15, 0.2) is 0 Å². The lowest BCUT2D eigenvalue weighted by molar-refractivity contribution is 0.0763. The summed E-state index contributed by atoms with van der Waals surface area (Å²) >= 11 is 0. The topological polar surface area (TPSA) is 73.4 Å². The molecule has 0 spiro atoms. The first-order valence-electron chi connectivity index (χ1n) is 5.13. The average Bonchev–Trinajstić information content (AvgIpc) is 2.24. The van der Waals surface area contributed by atoms with Crippen LogP contribution in [0.3, 0.4) is 0 Å². The molecule has 88 valence electrons. The quantitative estimate of drug-likeness (QED) is 0.768. The Morgan fingerprint density at radius 2 is 2.25 bits per heavy atom. The third kappa shape index (κ3) is 3.51. The number of aromatic nitrogens is 1. The molecule has 1 heterocycles. The maximum absolute atomic E-state index is 11.8. The Morgan fingerprint density at radius 3 is 2.81 bits per heavy atom. The van der Waals surface area contributed by atoms with Gasteiger partial charge in [-0.15, -0.1) is 0 Å². The van der Waals surface area contributed by atoms with Crippen molar-refractivity contribution in [2.24, 2.45) is 0 Å². The first-order chi connectivity index (χ1) is 7.50. The van der Waals surface area contributed by atoms with Crippen molar-refractivity contribution in [2.75, 3.05) is 13.6 Å². The summed E-state index contributed by atoms with van der Waals surface area (Å²) in [5.74, 6) is -0.252. The van der Waals surface area contributed by atoms with E-state index in [1.807, 2.05) is 0 Å². The molecular weight excluding hydrogens is 208 g/mol. The Kier molecular flexibility index (Phi) is 4.25. The van der Waals surface area contributed by atoms with E-state index in [2.05, 4.69) is 4.98 Å². The number of amides is 1. The van der Waals surface area contributed by atoms with Crippen LogP contribution < -0.4 is 5.56 Å². The molecule has 0 saturated heterocycles. The first-order valence-corrected chi connectivity index (χ1v) is 5.13. The van der Waals surface area contributed by atoms with Gasteiger partial charge in [-0.05, 0) is 19.4 Å². The van der Waals surface area contributed by atoms with Crippen LogP contribution in [-0.2, 0) is 0 Å². The van der Waals surface area contributed by atoms with Gasteiger partial charge < -0.3 is 15.0 Å². The van der Waals surface area contributed by atoms with E-state index in [0.29, 0.717) is 13.0 Å². The third-order valence-electron chi connectivity index (χ3n) is 2.23. The standard InChI is InChI=1S/C11H16N2O3/c1-8(14)6-7-13(2)11(16)9-4-3-5-10(15)12-9/h3-5,8,14H,6-7H2,1-2H3,(H,12,15). The molecule has 1 atom stereocenters. The van der Waals surface area contributed by atoms with E-state index < -0.39 is 6.10 Å². The fourth-order valence-electron chi connectivity index (χ4n) is 1.26. The molecule has 0 aliphatic rings. The summed E-state index contributed by atoms with van der Waals surface area (Å²) in [6.45, 7) is 2.12. The molecule has 5 heteroatoms. The molecule has 1 amide bonds. The van der Waals surface area contributed by atoms with Gasteiger partial charge in [0.25, 0.3) is 5.91 Å². The van der Waals surface area contributed by atoms with Crippen LogP contribution in [-0.4, -0.2) is 40.6 Å². The molecule has 0 bridgehead atoms. The summed E-state index contributed by atoms with van der Waals surface area (Å²) in [6.07, 6.45) is 0.0735. The zero-order chi connectivity index (χ0) is 12.1. The largest absolute Gasteiger partial charge is 0.393 e. The number of carbonyl (C=O) groups excluding carboxylic acids is 1. The van der Waals surface area contributed by atoms with Crippen molar-refractivity contribution in [2.45, 2.75) is 19.4 Å². The van der Waals surface area contributed by atoms with Gasteiger partial charge in [0.05, 0.1) is 6.10 Å². The van der Waals surface area contributed by atoms with E-state index >= 15 is 0 Å². The van der Waals surface area contributed by atoms with E-state index in [1.165, 1.54) is 17.0 Å². The summed E-state index contributed by atoms with van der Waals surface area (Å²) < 4.78 is 0. The van der Waals surface area contributed by atoms with E-state index in [0.717, 1.165) is 0 Å². The fraction of sp³-hybridized carbons (Fsp3) is 0.455. The van der Waals surface area contributed by atoms with Crippen LogP contribution in [0.5, 0.6) is 0 Å². The molecule has 1 rings (SSSR count). The van der Waals surface area contributed by atoms with E-state index in [9.17, 15) is 9.59 Å². The number of pyridine rings is 1. The number of nitrogens with zero attached hydrogens (tertiary/aromatic N) is 1. The number of H-pyrrole nitrogens is 1. The van der Waals surface area contributed by atoms with E-state index in [1.54, 1.807) is 20.0 Å². The summed E-state index contributed by atoms with van der Waals surface area (Å²) in [5.41, 5.74) is -0.0321. The molecular formula is C11H16N2O3. The number of aromatic amines is 1. The van der Waals surface area contributed by atoms with Crippen molar-refractivity contribution in [3.63, 3.8) is 0 Å². The predicted molar refractivity (Wildman–Crippen MR) is 60.3 cm³/mol. The van der Waals surface area contributed by atoms with Crippen LogP contribution in [0.2, 0.25) is 0 Å². The Balaban J connectivity index is 2.67. The lowest BCUT2D eigenvalue weighted by Crippen LogP contribution is -2.31. The molecule has 1 unspecified atom stereocenters. The maximum atomic E-state index is 11.8. The highest BCUT2D eigenvalue weighted by Crippen LogP contribution is 2.00. The molecule has 0 fully saturated rings. The highest BCUT2D eigenvalue weighted by Gasteiger charge is 2.12. The lowest BCUT2D eigenvalue weighted by atomic mass is 10.2. The number of aliphatic hydroxyl groups is 1. The second kappa shape index (κ2) is 5.46. The number of nitrogens with one attached hydrogen (secondary N) is 1. The molecule has 0 aliphatic heterocycles. The van der Waals surface area contributed by atoms with E-state index in [4.69, 9.17) is 5.11 Å². The average molecular weight is 224 g/mol. The number of carbonyl (C=O) groups is 1. The molecule has 0 aliphatic carbocycles. The van der Waals surface area contributed by atoms with Gasteiger partial charge in [-0.2, -0.15) is 0 Å². The summed E-state index contributed by atoms with van der Waals surface area (Å²) in [4.78, 5) is 26.7. The number of aliphatic hydroxyl groups excluding tert-OH is 1. The van der Waals surface area contributed by atoms with Gasteiger partial charge in [-0.25, -0.2) is 0 Å². The zero-order valence-corrected chi connectivity index (χ0v) is 9.43. The van der Waals surface area contributed by atoms with E-state index in [-0.39, 0.29) is 17.2 Å². The minimum Gasteiger partial charge on any atom is -0.393 e. The minimum atomic E-state index is -0.440. The normalized spacial score (nSPS) is 12.2. The molecule has 0 saturated carbocycles. The first kappa shape index (κ1) is 12.4. The number of hydrogen-bond acceptors (Lipinski definition) is 3. The molecule has 1 aromatic rings. The van der Waals surface area contributed by atoms with Gasteiger partial charge in [-0.3, -0.25) is 9.59 Å². The Bertz CT molecular complexity index is 412. The Labute approximate surface area is 93.7 Å². The van der Waals surface area contributed by atoms with Crippen molar-refractivity contribution in [3.05, 3.63) is 34.2 Å². The SMILES string of the molecule is CC(O)CCN(C)C(=O)c1cccc(=O)[nH]1. The van der Waals surface area contributed by atoms with Gasteiger partial charge in [0.1, 0.15) is 5.69 Å². The van der Waals surface area contributed by atoms with Crippen LogP contribution in [0.25, 0.3) is 0 Å². The molecule has 0 radical (unpaired) electrons. The number of hydrogen-bond donors (Lipinski definition) is 2. The molecule has 16 heavy (non-hydrogen) atoms. The monoisotopic (exact) mass is 224 g/mol. The Hall–Kier alpha value is -1.62. The second-order valence-electron chi connectivity index (χ2n) is 3.79. The van der Waals surface area contributed by atoms with Crippen LogP contribution in [0, 0.1) is 0 Å². The smallest absolute Gasteiger partial charge is 0.270 e. The predicted octanol–water partition coefficient (Wildman–Crippen LogP) is 0.218. The zero-order valence-electron chi connectivity index (χ0n) is 9.43. The van der Waals surface area contributed by atoms with Crippen LogP contribution in [0.15, 0.2) is 23.0 Å². The van der Waals surface area contributed by atoms with Gasteiger partial charge in [-0.1, -0.05) is 6.07 Å². The van der Waals surface area contributed by atoms with Crippen LogP contribution in [0.1, 0.15) is 23.8 Å². The molecule has 2 N–H and O–H groups in total. The molecule has 1 aromatic heterocycles. The van der Waals surface area contributed by atoms with Crippen molar-refractivity contribution in [1.82, 2.24) is 9.88 Å². The van der Waals surface area contributed by atoms with Crippen molar-refractivity contribution in [3.8, 4) is 0 Å². The second-order valence-corrected chi connectivity index (χ2v) is 3.79.